The molecule has 2 heteroatoms. The van der Waals surface area contributed by atoms with E-state index in [1.54, 1.807) is 0 Å². The van der Waals surface area contributed by atoms with Crippen LogP contribution in [0.5, 0.6) is 0 Å². The van der Waals surface area contributed by atoms with E-state index in [2.05, 4.69) is 18.8 Å². The van der Waals surface area contributed by atoms with E-state index in [1.165, 1.54) is 19.3 Å². The van der Waals surface area contributed by atoms with E-state index >= 15 is 0 Å². The summed E-state index contributed by atoms with van der Waals surface area (Å²) in [4.78, 5) is 4.54. The summed E-state index contributed by atoms with van der Waals surface area (Å²) in [6, 6.07) is 0.607. The molecule has 13 heavy (non-hydrogen) atoms. The quantitative estimate of drug-likeness (QED) is 0.710. The Kier molecular flexibility index (Phi) is 2.31. The lowest BCUT2D eigenvalue weighted by atomic mass is 9.97. The minimum absolute atomic E-state index is 0.607. The van der Waals surface area contributed by atoms with Crippen LogP contribution in [0.15, 0.2) is 4.99 Å². The van der Waals surface area contributed by atoms with E-state index in [0.717, 1.165) is 30.0 Å². The summed E-state index contributed by atoms with van der Waals surface area (Å²) in [6.07, 6.45) is 5.07. The molecule has 0 saturated heterocycles. The highest BCUT2D eigenvalue weighted by molar-refractivity contribution is 5.82. The van der Waals surface area contributed by atoms with Crippen LogP contribution in [0.25, 0.3) is 0 Å². The van der Waals surface area contributed by atoms with E-state index in [4.69, 9.17) is 5.73 Å². The molecule has 0 radical (unpaired) electrons. The zero-order valence-electron chi connectivity index (χ0n) is 8.66. The number of fused-ring (bicyclic) bond motifs is 1. The van der Waals surface area contributed by atoms with Gasteiger partial charge < -0.3 is 5.73 Å². The molecular weight excluding hydrogens is 160 g/mol. The molecule has 74 valence electrons. The lowest BCUT2D eigenvalue weighted by Gasteiger charge is -2.13. The fourth-order valence-corrected chi connectivity index (χ4v) is 2.84. The molecule has 0 aromatic rings. The van der Waals surface area contributed by atoms with Crippen LogP contribution in [0.4, 0.5) is 0 Å². The second-order valence-electron chi connectivity index (χ2n) is 4.68. The Morgan fingerprint density at radius 1 is 1.54 bits per heavy atom. The van der Waals surface area contributed by atoms with Gasteiger partial charge in [-0.3, -0.25) is 4.99 Å². The lowest BCUT2D eigenvalue weighted by Crippen LogP contribution is -2.22. The topological polar surface area (TPSA) is 38.4 Å². The van der Waals surface area contributed by atoms with Crippen molar-refractivity contribution in [2.75, 3.05) is 0 Å². The number of amidine groups is 1. The smallest absolute Gasteiger partial charge is 0.0943 e. The van der Waals surface area contributed by atoms with E-state index < -0.39 is 0 Å². The molecule has 1 saturated carbocycles. The Labute approximate surface area is 80.6 Å². The molecule has 0 amide bonds. The highest BCUT2D eigenvalue weighted by Gasteiger charge is 2.54. The molecule has 2 unspecified atom stereocenters. The SMILES string of the molecule is CCCCC1[C@H]2C(C)CC(N)=N[C@H]12. The summed E-state index contributed by atoms with van der Waals surface area (Å²) >= 11 is 0. The molecule has 2 rings (SSSR count). The molecule has 0 aromatic carbocycles. The van der Waals surface area contributed by atoms with Gasteiger partial charge in [-0.05, 0) is 24.2 Å². The van der Waals surface area contributed by atoms with Crippen molar-refractivity contribution in [3.05, 3.63) is 0 Å². The molecule has 1 fully saturated rings. The van der Waals surface area contributed by atoms with Crippen LogP contribution in [-0.2, 0) is 0 Å². The second kappa shape index (κ2) is 3.32. The van der Waals surface area contributed by atoms with Gasteiger partial charge in [0, 0.05) is 6.42 Å². The number of hydrogen-bond donors (Lipinski definition) is 1. The number of rotatable bonds is 3. The molecule has 1 aliphatic heterocycles. The maximum atomic E-state index is 5.78. The van der Waals surface area contributed by atoms with Gasteiger partial charge in [0.15, 0.2) is 0 Å². The molecule has 1 aliphatic carbocycles. The van der Waals surface area contributed by atoms with Crippen LogP contribution in [0.1, 0.15) is 39.5 Å². The van der Waals surface area contributed by atoms with Crippen LogP contribution in [0, 0.1) is 17.8 Å². The Morgan fingerprint density at radius 2 is 2.31 bits per heavy atom. The molecule has 4 atom stereocenters. The van der Waals surface area contributed by atoms with Gasteiger partial charge in [-0.1, -0.05) is 26.7 Å². The Balaban J connectivity index is 1.92. The summed E-state index contributed by atoms with van der Waals surface area (Å²) in [7, 11) is 0. The van der Waals surface area contributed by atoms with Crippen molar-refractivity contribution in [3.63, 3.8) is 0 Å². The highest BCUT2D eigenvalue weighted by atomic mass is 15.0. The third kappa shape index (κ3) is 1.59. The van der Waals surface area contributed by atoms with E-state index in [-0.39, 0.29) is 0 Å². The van der Waals surface area contributed by atoms with Gasteiger partial charge in [0.1, 0.15) is 0 Å². The maximum absolute atomic E-state index is 5.78. The molecule has 0 spiro atoms. The summed E-state index contributed by atoms with van der Waals surface area (Å²) in [6.45, 7) is 4.58. The number of aliphatic imine (C=N–C) groups is 1. The van der Waals surface area contributed by atoms with Gasteiger partial charge in [0.05, 0.1) is 11.9 Å². The summed E-state index contributed by atoms with van der Waals surface area (Å²) in [5, 5.41) is 0. The second-order valence-corrected chi connectivity index (χ2v) is 4.68. The largest absolute Gasteiger partial charge is 0.387 e. The number of hydrogen-bond acceptors (Lipinski definition) is 2. The molecule has 0 aromatic heterocycles. The molecular formula is C11H20N2. The minimum atomic E-state index is 0.607. The number of nitrogens with zero attached hydrogens (tertiary/aromatic N) is 1. The average molecular weight is 180 g/mol. The van der Waals surface area contributed by atoms with Gasteiger partial charge in [0.2, 0.25) is 0 Å². The van der Waals surface area contributed by atoms with Crippen molar-refractivity contribution < 1.29 is 0 Å². The van der Waals surface area contributed by atoms with Gasteiger partial charge >= 0.3 is 0 Å². The fraction of sp³-hybridized carbons (Fsp3) is 0.909. The lowest BCUT2D eigenvalue weighted by molar-refractivity contribution is 0.462. The first-order chi connectivity index (χ1) is 6.24. The van der Waals surface area contributed by atoms with Crippen molar-refractivity contribution in [2.45, 2.75) is 45.6 Å². The first kappa shape index (κ1) is 9.04. The van der Waals surface area contributed by atoms with Crippen LogP contribution in [-0.4, -0.2) is 11.9 Å². The predicted octanol–water partition coefficient (Wildman–Crippen LogP) is 2.19. The zero-order valence-corrected chi connectivity index (χ0v) is 8.66. The first-order valence-corrected chi connectivity index (χ1v) is 5.56. The highest BCUT2D eigenvalue weighted by Crippen LogP contribution is 2.52. The fourth-order valence-electron chi connectivity index (χ4n) is 2.84. The minimum Gasteiger partial charge on any atom is -0.387 e. The van der Waals surface area contributed by atoms with Crippen molar-refractivity contribution in [2.24, 2.45) is 28.5 Å². The van der Waals surface area contributed by atoms with Gasteiger partial charge in [-0.25, -0.2) is 0 Å². The first-order valence-electron chi connectivity index (χ1n) is 5.56. The average Bonchev–Trinajstić information content (AvgIpc) is 2.74. The van der Waals surface area contributed by atoms with Crippen LogP contribution < -0.4 is 5.73 Å². The third-order valence-corrected chi connectivity index (χ3v) is 3.58. The Bertz CT molecular complexity index is 222. The van der Waals surface area contributed by atoms with Crippen LogP contribution in [0.3, 0.4) is 0 Å². The van der Waals surface area contributed by atoms with Crippen molar-refractivity contribution in [1.82, 2.24) is 0 Å². The predicted molar refractivity (Wildman–Crippen MR) is 55.7 cm³/mol. The molecule has 1 heterocycles. The van der Waals surface area contributed by atoms with E-state index in [1.807, 2.05) is 0 Å². The molecule has 2 aliphatic rings. The van der Waals surface area contributed by atoms with Gasteiger partial charge in [-0.2, -0.15) is 0 Å². The molecule has 2 N–H and O–H groups in total. The van der Waals surface area contributed by atoms with E-state index in [0.29, 0.717) is 6.04 Å². The summed E-state index contributed by atoms with van der Waals surface area (Å²) in [5.41, 5.74) is 5.78. The van der Waals surface area contributed by atoms with Gasteiger partial charge in [-0.15, -0.1) is 0 Å². The Morgan fingerprint density at radius 3 is 3.00 bits per heavy atom. The van der Waals surface area contributed by atoms with Crippen LogP contribution >= 0.6 is 0 Å². The third-order valence-electron chi connectivity index (χ3n) is 3.58. The summed E-state index contributed by atoms with van der Waals surface area (Å²) < 4.78 is 0. The number of nitrogens with two attached hydrogens (primary N) is 1. The molecule has 0 bridgehead atoms. The molecule has 2 nitrogen and oxygen atoms in total. The van der Waals surface area contributed by atoms with Crippen LogP contribution in [0.2, 0.25) is 0 Å². The van der Waals surface area contributed by atoms with Crippen molar-refractivity contribution >= 4 is 5.84 Å². The maximum Gasteiger partial charge on any atom is 0.0943 e. The Hall–Kier alpha value is -0.530. The van der Waals surface area contributed by atoms with Gasteiger partial charge in [0.25, 0.3) is 0 Å². The van der Waals surface area contributed by atoms with E-state index in [9.17, 15) is 0 Å². The normalized spacial score (nSPS) is 42.5. The number of unbranched alkanes of at least 4 members (excludes halogenated alkanes) is 1. The monoisotopic (exact) mass is 180 g/mol. The standard InChI is InChI=1S/C11H20N2/c1-3-4-5-8-10-7(2)6-9(12)13-11(8)10/h7-8,10-11H,3-6H2,1-2H3,(H2,12,13)/t7?,8?,10-,11-/m1/s1. The van der Waals surface area contributed by atoms with Crippen molar-refractivity contribution in [3.8, 4) is 0 Å². The summed E-state index contributed by atoms with van der Waals surface area (Å²) in [5.74, 6) is 3.42. The van der Waals surface area contributed by atoms with Crippen molar-refractivity contribution in [1.29, 1.82) is 0 Å². The zero-order chi connectivity index (χ0) is 9.42.